The van der Waals surface area contributed by atoms with E-state index in [9.17, 15) is 5.21 Å². The number of fused-ring (bicyclic) bond motifs is 2. The van der Waals surface area contributed by atoms with Crippen LogP contribution in [0.4, 0.5) is 0 Å². The molecule has 0 aliphatic carbocycles. The monoisotopic (exact) mass is 385 g/mol. The number of piperidine rings is 1. The zero-order chi connectivity index (χ0) is 19.7. The minimum Gasteiger partial charge on any atom is -0.633 e. The van der Waals surface area contributed by atoms with Crippen LogP contribution in [0.2, 0.25) is 0 Å². The molecule has 3 nitrogen and oxygen atoms in total. The molecule has 1 atom stereocenters. The van der Waals surface area contributed by atoms with Crippen LogP contribution in [0.25, 0.3) is 0 Å². The van der Waals surface area contributed by atoms with Gasteiger partial charge in [-0.3, -0.25) is 0 Å². The third-order valence-corrected chi connectivity index (χ3v) is 6.68. The largest absolute Gasteiger partial charge is 0.633 e. The molecule has 0 amide bonds. The molecule has 0 saturated carbocycles. The number of likely N-dealkylation sites (tertiary alicyclic amines) is 1. The fraction of sp³-hybridized carbons (Fsp3) is 0.308. The van der Waals surface area contributed by atoms with Crippen molar-refractivity contribution in [3.05, 3.63) is 112 Å². The zero-order valence-electron chi connectivity index (χ0n) is 16.7. The maximum Gasteiger partial charge on any atom is 0.109 e. The number of hydrogen-bond donors (Lipinski definition) is 0. The molecular formula is C26H27NO2. The lowest BCUT2D eigenvalue weighted by atomic mass is 9.83. The summed E-state index contributed by atoms with van der Waals surface area (Å²) in [5, 5.41) is 13.4. The van der Waals surface area contributed by atoms with E-state index in [4.69, 9.17) is 4.74 Å². The van der Waals surface area contributed by atoms with E-state index in [-0.39, 0.29) is 16.4 Å². The Morgan fingerprint density at radius 3 is 2.17 bits per heavy atom. The van der Waals surface area contributed by atoms with Crippen LogP contribution in [-0.4, -0.2) is 24.3 Å². The van der Waals surface area contributed by atoms with Gasteiger partial charge in [0.15, 0.2) is 0 Å². The summed E-state index contributed by atoms with van der Waals surface area (Å²) in [6, 6.07) is 29.3. The zero-order valence-corrected chi connectivity index (χ0v) is 16.7. The number of nitrogens with zero attached hydrogens (tertiary/aromatic N) is 1. The van der Waals surface area contributed by atoms with Gasteiger partial charge in [-0.1, -0.05) is 84.9 Å². The summed E-state index contributed by atoms with van der Waals surface area (Å²) in [7, 11) is 0. The summed E-state index contributed by atoms with van der Waals surface area (Å²) in [5.41, 5.74) is 4.65. The minimum atomic E-state index is -0.323. The van der Waals surface area contributed by atoms with E-state index in [0.717, 1.165) is 19.3 Å². The van der Waals surface area contributed by atoms with Gasteiger partial charge in [0.2, 0.25) is 0 Å². The Morgan fingerprint density at radius 2 is 1.45 bits per heavy atom. The summed E-state index contributed by atoms with van der Waals surface area (Å²) in [5.74, 6) is 0. The van der Waals surface area contributed by atoms with Crippen LogP contribution in [0.1, 0.15) is 41.2 Å². The molecule has 5 rings (SSSR count). The molecule has 1 fully saturated rings. The number of hydrogen-bond acceptors (Lipinski definition) is 2. The lowest BCUT2D eigenvalue weighted by Crippen LogP contribution is -2.53. The first kappa shape index (κ1) is 18.6. The lowest BCUT2D eigenvalue weighted by molar-refractivity contribution is -0.888. The molecule has 0 bridgehead atoms. The van der Waals surface area contributed by atoms with Gasteiger partial charge in [-0.2, -0.15) is 0 Å². The van der Waals surface area contributed by atoms with E-state index in [0.29, 0.717) is 19.6 Å². The Bertz CT molecular complexity index is 962. The summed E-state index contributed by atoms with van der Waals surface area (Å²) in [6.45, 7) is 1.87. The predicted molar refractivity (Wildman–Crippen MR) is 115 cm³/mol. The minimum absolute atomic E-state index is 0.0385. The van der Waals surface area contributed by atoms with Gasteiger partial charge in [0.25, 0.3) is 0 Å². The maximum atomic E-state index is 13.4. The van der Waals surface area contributed by atoms with E-state index in [1.807, 2.05) is 24.3 Å². The first-order chi connectivity index (χ1) is 14.2. The second-order valence-electron chi connectivity index (χ2n) is 8.45. The van der Waals surface area contributed by atoms with Crippen molar-refractivity contribution >= 4 is 0 Å². The van der Waals surface area contributed by atoms with Gasteiger partial charge in [-0.25, -0.2) is 0 Å². The second kappa shape index (κ2) is 7.42. The van der Waals surface area contributed by atoms with Crippen molar-refractivity contribution in [3.8, 4) is 0 Å². The van der Waals surface area contributed by atoms with Crippen LogP contribution in [0, 0.1) is 5.21 Å². The lowest BCUT2D eigenvalue weighted by Gasteiger charge is -2.50. The van der Waals surface area contributed by atoms with E-state index in [1.54, 1.807) is 0 Å². The number of quaternary nitrogens is 1. The summed E-state index contributed by atoms with van der Waals surface area (Å²) >= 11 is 0. The second-order valence-corrected chi connectivity index (χ2v) is 8.45. The van der Waals surface area contributed by atoms with Crippen LogP contribution in [-0.2, 0) is 16.8 Å². The highest BCUT2D eigenvalue weighted by Crippen LogP contribution is 2.52. The Labute approximate surface area is 172 Å². The Kier molecular flexibility index (Phi) is 4.75. The quantitative estimate of drug-likeness (QED) is 0.448. The van der Waals surface area contributed by atoms with Crippen molar-refractivity contribution in [1.29, 1.82) is 0 Å². The number of hydroxylamine groups is 3. The first-order valence-electron chi connectivity index (χ1n) is 10.6. The van der Waals surface area contributed by atoms with Crippen LogP contribution in [0.5, 0.6) is 0 Å². The van der Waals surface area contributed by atoms with Crippen molar-refractivity contribution in [2.75, 3.05) is 19.6 Å². The van der Waals surface area contributed by atoms with E-state index in [1.165, 1.54) is 22.3 Å². The third kappa shape index (κ3) is 3.51. The molecule has 0 radical (unpaired) electrons. The number of ether oxygens (including phenoxy) is 1. The molecule has 29 heavy (non-hydrogen) atoms. The van der Waals surface area contributed by atoms with Crippen molar-refractivity contribution in [2.24, 2.45) is 0 Å². The molecule has 2 heterocycles. The van der Waals surface area contributed by atoms with E-state index >= 15 is 0 Å². The SMILES string of the molecule is [O-][N+]1(CCc2ccccc2)CCC2(CC1)OC(c1ccccc1)c1ccccc12. The van der Waals surface area contributed by atoms with Gasteiger partial charge in [0.05, 0.1) is 19.6 Å². The molecule has 2 aliphatic heterocycles. The Morgan fingerprint density at radius 1 is 0.828 bits per heavy atom. The van der Waals surface area contributed by atoms with Crippen LogP contribution >= 0.6 is 0 Å². The first-order valence-corrected chi connectivity index (χ1v) is 10.6. The molecule has 1 unspecified atom stereocenters. The molecule has 148 valence electrons. The van der Waals surface area contributed by atoms with Gasteiger partial charge < -0.3 is 14.6 Å². The highest BCUT2D eigenvalue weighted by molar-refractivity contribution is 5.43. The fourth-order valence-corrected chi connectivity index (χ4v) is 4.96. The van der Waals surface area contributed by atoms with Gasteiger partial charge in [0.1, 0.15) is 11.7 Å². The van der Waals surface area contributed by atoms with Gasteiger partial charge in [-0.15, -0.1) is 0 Å². The number of rotatable bonds is 4. The summed E-state index contributed by atoms with van der Waals surface area (Å²) < 4.78 is 6.64. The van der Waals surface area contributed by atoms with E-state index < -0.39 is 0 Å². The molecular weight excluding hydrogens is 358 g/mol. The molecule has 1 spiro atoms. The Balaban J connectivity index is 1.35. The molecule has 3 aromatic rings. The smallest absolute Gasteiger partial charge is 0.109 e. The van der Waals surface area contributed by atoms with Crippen LogP contribution < -0.4 is 0 Å². The normalized spacial score (nSPS) is 28.4. The van der Waals surface area contributed by atoms with Gasteiger partial charge >= 0.3 is 0 Å². The van der Waals surface area contributed by atoms with E-state index in [2.05, 4.69) is 60.7 Å². The van der Waals surface area contributed by atoms with Crippen LogP contribution in [0.15, 0.2) is 84.9 Å². The summed E-state index contributed by atoms with van der Waals surface area (Å²) in [4.78, 5) is 0. The highest BCUT2D eigenvalue weighted by atomic mass is 16.6. The van der Waals surface area contributed by atoms with Gasteiger partial charge in [-0.05, 0) is 22.3 Å². The maximum absolute atomic E-state index is 13.4. The van der Waals surface area contributed by atoms with Crippen LogP contribution in [0.3, 0.4) is 0 Å². The third-order valence-electron chi connectivity index (χ3n) is 6.68. The molecule has 2 aliphatic rings. The van der Waals surface area contributed by atoms with Gasteiger partial charge in [0, 0.05) is 19.3 Å². The fourth-order valence-electron chi connectivity index (χ4n) is 4.96. The predicted octanol–water partition coefficient (Wildman–Crippen LogP) is 5.35. The molecule has 1 saturated heterocycles. The standard InChI is InChI=1S/C26H27NO2/c28-27(18-15-21-9-3-1-4-10-21)19-16-26(17-20-27)24-14-8-7-13-23(24)25(29-26)22-11-5-2-6-12-22/h1-14,25H,15-20H2. The molecule has 0 aromatic heterocycles. The Hall–Kier alpha value is -2.46. The molecule has 0 N–H and O–H groups in total. The van der Waals surface area contributed by atoms with Crippen molar-refractivity contribution in [2.45, 2.75) is 31.0 Å². The average molecular weight is 386 g/mol. The topological polar surface area (TPSA) is 32.3 Å². The average Bonchev–Trinajstić information content (AvgIpc) is 3.11. The van der Waals surface area contributed by atoms with Crippen molar-refractivity contribution in [3.63, 3.8) is 0 Å². The van der Waals surface area contributed by atoms with Crippen molar-refractivity contribution < 1.29 is 9.38 Å². The highest BCUT2D eigenvalue weighted by Gasteiger charge is 2.49. The number of benzene rings is 3. The summed E-state index contributed by atoms with van der Waals surface area (Å²) in [6.07, 6.45) is 2.36. The van der Waals surface area contributed by atoms with Crippen molar-refractivity contribution in [1.82, 2.24) is 0 Å². The molecule has 3 aromatic carbocycles. The molecule has 3 heteroatoms.